The number of urea groups is 1. The number of carbonyl (C=O) groups is 2. The number of hydrogen-bond acceptors (Lipinski definition) is 2. The number of aliphatic carboxylic acids is 1. The standard InChI is InChI=1S/C16H20N2O3/c1-16(14(19)20)6-7-18(10-16)15(21)17-13-8-11-4-2-3-5-12(11)9-13/h2-5,13H,6-10H2,1H3,(H,17,21)(H,19,20). The van der Waals surface area contributed by atoms with Gasteiger partial charge in [-0.2, -0.15) is 0 Å². The van der Waals surface area contributed by atoms with Crippen molar-refractivity contribution in [1.82, 2.24) is 10.2 Å². The number of fused-ring (bicyclic) bond motifs is 1. The molecule has 1 atom stereocenters. The van der Waals surface area contributed by atoms with Gasteiger partial charge in [0, 0.05) is 19.1 Å². The first-order valence-corrected chi connectivity index (χ1v) is 7.33. The Kier molecular flexibility index (Phi) is 3.35. The monoisotopic (exact) mass is 288 g/mol. The summed E-state index contributed by atoms with van der Waals surface area (Å²) in [5.41, 5.74) is 1.77. The van der Waals surface area contributed by atoms with Crippen molar-refractivity contribution >= 4 is 12.0 Å². The van der Waals surface area contributed by atoms with Gasteiger partial charge in [0.1, 0.15) is 0 Å². The number of nitrogens with one attached hydrogen (secondary N) is 1. The van der Waals surface area contributed by atoms with Crippen LogP contribution in [0.5, 0.6) is 0 Å². The lowest BCUT2D eigenvalue weighted by Gasteiger charge is -2.22. The van der Waals surface area contributed by atoms with Gasteiger partial charge in [-0.3, -0.25) is 4.79 Å². The maximum atomic E-state index is 12.3. The average molecular weight is 288 g/mol. The summed E-state index contributed by atoms with van der Waals surface area (Å²) in [5, 5.41) is 12.3. The van der Waals surface area contributed by atoms with Crippen molar-refractivity contribution in [3.05, 3.63) is 35.4 Å². The largest absolute Gasteiger partial charge is 0.481 e. The highest BCUT2D eigenvalue weighted by Crippen LogP contribution is 2.30. The van der Waals surface area contributed by atoms with Crippen LogP contribution in [-0.2, 0) is 17.6 Å². The molecule has 1 saturated heterocycles. The summed E-state index contributed by atoms with van der Waals surface area (Å²) in [6, 6.07) is 8.20. The lowest BCUT2D eigenvalue weighted by molar-refractivity contribution is -0.146. The van der Waals surface area contributed by atoms with Gasteiger partial charge >= 0.3 is 12.0 Å². The first-order valence-electron chi connectivity index (χ1n) is 7.33. The zero-order valence-corrected chi connectivity index (χ0v) is 12.1. The first kappa shape index (κ1) is 13.9. The number of carboxylic acids is 1. The van der Waals surface area contributed by atoms with Crippen molar-refractivity contribution in [3.8, 4) is 0 Å². The Bertz CT molecular complexity index is 562. The van der Waals surface area contributed by atoms with Crippen LogP contribution in [0.3, 0.4) is 0 Å². The second-order valence-electron chi connectivity index (χ2n) is 6.36. The third-order valence-electron chi connectivity index (χ3n) is 4.66. The Morgan fingerprint density at radius 2 is 1.90 bits per heavy atom. The van der Waals surface area contributed by atoms with Crippen molar-refractivity contribution < 1.29 is 14.7 Å². The van der Waals surface area contributed by atoms with Crippen LogP contribution >= 0.6 is 0 Å². The fourth-order valence-corrected chi connectivity index (χ4v) is 3.24. The zero-order valence-electron chi connectivity index (χ0n) is 12.1. The number of nitrogens with zero attached hydrogens (tertiary/aromatic N) is 1. The summed E-state index contributed by atoms with van der Waals surface area (Å²) in [4.78, 5) is 25.1. The number of hydrogen-bond donors (Lipinski definition) is 2. The summed E-state index contributed by atoms with van der Waals surface area (Å²) >= 11 is 0. The molecule has 1 aliphatic carbocycles. The van der Waals surface area contributed by atoms with Gasteiger partial charge in [-0.25, -0.2) is 4.79 Å². The van der Waals surface area contributed by atoms with E-state index in [-0.39, 0.29) is 18.6 Å². The molecule has 2 aliphatic rings. The first-order chi connectivity index (χ1) is 9.98. The zero-order chi connectivity index (χ0) is 15.0. The molecule has 1 heterocycles. The third kappa shape index (κ3) is 2.60. The minimum atomic E-state index is -0.828. The van der Waals surface area contributed by atoms with E-state index in [0.29, 0.717) is 13.0 Å². The van der Waals surface area contributed by atoms with Gasteiger partial charge in [0.2, 0.25) is 0 Å². The van der Waals surface area contributed by atoms with Crippen molar-refractivity contribution in [2.45, 2.75) is 32.2 Å². The molecule has 2 N–H and O–H groups in total. The molecule has 1 aliphatic heterocycles. The molecule has 0 radical (unpaired) electrons. The summed E-state index contributed by atoms with van der Waals surface area (Å²) in [7, 11) is 0. The van der Waals surface area contributed by atoms with Gasteiger partial charge in [-0.15, -0.1) is 0 Å². The van der Waals surface area contributed by atoms with E-state index in [2.05, 4.69) is 17.4 Å². The Morgan fingerprint density at radius 3 is 2.43 bits per heavy atom. The summed E-state index contributed by atoms with van der Waals surface area (Å²) < 4.78 is 0. The Labute approximate surface area is 123 Å². The molecule has 1 aromatic rings. The molecule has 1 fully saturated rings. The lowest BCUT2D eigenvalue weighted by Crippen LogP contribution is -2.45. The molecule has 21 heavy (non-hydrogen) atoms. The molecule has 5 nitrogen and oxygen atoms in total. The number of rotatable bonds is 2. The van der Waals surface area contributed by atoms with Gasteiger partial charge in [0.25, 0.3) is 0 Å². The second-order valence-corrected chi connectivity index (χ2v) is 6.36. The van der Waals surface area contributed by atoms with Gasteiger partial charge in [-0.1, -0.05) is 24.3 Å². The summed E-state index contributed by atoms with van der Waals surface area (Å²) in [6.45, 7) is 2.50. The lowest BCUT2D eigenvalue weighted by atomic mass is 9.90. The van der Waals surface area contributed by atoms with E-state index in [4.69, 9.17) is 0 Å². The highest BCUT2D eigenvalue weighted by Gasteiger charge is 2.42. The topological polar surface area (TPSA) is 69.6 Å². The Morgan fingerprint density at radius 1 is 1.29 bits per heavy atom. The molecule has 2 amide bonds. The molecule has 112 valence electrons. The van der Waals surface area contributed by atoms with E-state index in [9.17, 15) is 14.7 Å². The fourth-order valence-electron chi connectivity index (χ4n) is 3.24. The van der Waals surface area contributed by atoms with Gasteiger partial charge in [0.05, 0.1) is 5.41 Å². The highest BCUT2D eigenvalue weighted by atomic mass is 16.4. The quantitative estimate of drug-likeness (QED) is 0.869. The van der Waals surface area contributed by atoms with Crippen LogP contribution in [0.25, 0.3) is 0 Å². The fraction of sp³-hybridized carbons (Fsp3) is 0.500. The van der Waals surface area contributed by atoms with Crippen LogP contribution in [0, 0.1) is 5.41 Å². The van der Waals surface area contributed by atoms with E-state index in [1.165, 1.54) is 11.1 Å². The van der Waals surface area contributed by atoms with Gasteiger partial charge in [-0.05, 0) is 37.3 Å². The number of amides is 2. The maximum Gasteiger partial charge on any atom is 0.317 e. The molecule has 0 spiro atoms. The smallest absolute Gasteiger partial charge is 0.317 e. The van der Waals surface area contributed by atoms with Gasteiger partial charge < -0.3 is 15.3 Å². The number of benzene rings is 1. The molecular weight excluding hydrogens is 268 g/mol. The molecule has 1 unspecified atom stereocenters. The summed E-state index contributed by atoms with van der Waals surface area (Å²) in [5.74, 6) is -0.828. The minimum Gasteiger partial charge on any atom is -0.481 e. The van der Waals surface area contributed by atoms with Crippen molar-refractivity contribution in [2.75, 3.05) is 13.1 Å². The third-order valence-corrected chi connectivity index (χ3v) is 4.66. The highest BCUT2D eigenvalue weighted by molar-refractivity contribution is 5.79. The predicted molar refractivity (Wildman–Crippen MR) is 78.1 cm³/mol. The van der Waals surface area contributed by atoms with Crippen LogP contribution in [0.1, 0.15) is 24.5 Å². The molecular formula is C16H20N2O3. The van der Waals surface area contributed by atoms with Gasteiger partial charge in [0.15, 0.2) is 0 Å². The van der Waals surface area contributed by atoms with Crippen LogP contribution in [0.15, 0.2) is 24.3 Å². The van der Waals surface area contributed by atoms with E-state index < -0.39 is 11.4 Å². The molecule has 0 aromatic heterocycles. The van der Waals surface area contributed by atoms with E-state index in [1.807, 2.05) is 12.1 Å². The average Bonchev–Trinajstić information content (AvgIpc) is 3.02. The number of carboxylic acid groups (broad SMARTS) is 1. The number of carbonyl (C=O) groups excluding carboxylic acids is 1. The van der Waals surface area contributed by atoms with Crippen LogP contribution < -0.4 is 5.32 Å². The SMILES string of the molecule is CC1(C(=O)O)CCN(C(=O)NC2Cc3ccccc3C2)C1. The summed E-state index contributed by atoms with van der Waals surface area (Å²) in [6.07, 6.45) is 2.22. The van der Waals surface area contributed by atoms with E-state index >= 15 is 0 Å². The maximum absolute atomic E-state index is 12.3. The second kappa shape index (κ2) is 5.06. The van der Waals surface area contributed by atoms with Crippen molar-refractivity contribution in [3.63, 3.8) is 0 Å². The normalized spacial score (nSPS) is 24.9. The van der Waals surface area contributed by atoms with Crippen LogP contribution in [0.4, 0.5) is 4.79 Å². The number of likely N-dealkylation sites (tertiary alicyclic amines) is 1. The van der Waals surface area contributed by atoms with Crippen molar-refractivity contribution in [2.24, 2.45) is 5.41 Å². The van der Waals surface area contributed by atoms with E-state index in [1.54, 1.807) is 11.8 Å². The van der Waals surface area contributed by atoms with Crippen molar-refractivity contribution in [1.29, 1.82) is 0 Å². The molecule has 5 heteroatoms. The predicted octanol–water partition coefficient (Wildman–Crippen LogP) is 1.66. The molecule has 1 aromatic carbocycles. The van der Waals surface area contributed by atoms with E-state index in [0.717, 1.165) is 12.8 Å². The molecule has 0 saturated carbocycles. The Hall–Kier alpha value is -2.04. The molecule has 3 rings (SSSR count). The molecule has 0 bridgehead atoms. The Balaban J connectivity index is 1.58. The van der Waals surface area contributed by atoms with Crippen LogP contribution in [-0.4, -0.2) is 41.1 Å². The minimum absolute atomic E-state index is 0.117. The van der Waals surface area contributed by atoms with Crippen LogP contribution in [0.2, 0.25) is 0 Å².